The van der Waals surface area contributed by atoms with Crippen molar-refractivity contribution in [1.82, 2.24) is 0 Å². The monoisotopic (exact) mass is 525 g/mol. The Balaban J connectivity index is 1.16. The molecule has 4 fully saturated rings. The first kappa shape index (κ1) is 24.8. The summed E-state index contributed by atoms with van der Waals surface area (Å²) in [5, 5.41) is 0.226. The smallest absolute Gasteiger partial charge is 0.178 e. The van der Waals surface area contributed by atoms with Gasteiger partial charge in [0.1, 0.15) is 5.78 Å². The van der Waals surface area contributed by atoms with Crippen LogP contribution in [-0.2, 0) is 9.59 Å². The second-order valence-electron chi connectivity index (χ2n) is 13.4. The molecule has 1 spiro atoms. The van der Waals surface area contributed by atoms with Crippen LogP contribution < -0.4 is 0 Å². The summed E-state index contributed by atoms with van der Waals surface area (Å²) in [4.78, 5) is 31.1. The van der Waals surface area contributed by atoms with Gasteiger partial charge in [-0.05, 0) is 91.4 Å². The fourth-order valence-corrected chi connectivity index (χ4v) is 11.6. The van der Waals surface area contributed by atoms with Gasteiger partial charge in [-0.1, -0.05) is 55.9 Å². The van der Waals surface area contributed by atoms with Crippen molar-refractivity contribution >= 4 is 29.5 Å². The number of hydrogen-bond acceptors (Lipinski definition) is 4. The van der Waals surface area contributed by atoms with Gasteiger partial charge in [-0.25, -0.2) is 0 Å². The number of carbonyl (C=O) groups is 2. The van der Waals surface area contributed by atoms with E-state index in [9.17, 15) is 9.59 Å². The number of allylic oxidation sites excluding steroid dienone is 8. The van der Waals surface area contributed by atoms with Gasteiger partial charge in [0.05, 0.1) is 17.0 Å². The van der Waals surface area contributed by atoms with Crippen LogP contribution in [-0.4, -0.2) is 34.8 Å². The largest absolute Gasteiger partial charge is 0.298 e. The molecular formula is C34H39NO2S. The Bertz CT molecular complexity index is 1290. The lowest BCUT2D eigenvalue weighted by Crippen LogP contribution is -2.62. The van der Waals surface area contributed by atoms with Crippen molar-refractivity contribution in [3.63, 3.8) is 0 Å². The lowest BCUT2D eigenvalue weighted by molar-refractivity contribution is -0.147. The summed E-state index contributed by atoms with van der Waals surface area (Å²) >= 11 is 1.78. The van der Waals surface area contributed by atoms with Crippen LogP contribution in [0.2, 0.25) is 0 Å². The topological polar surface area (TPSA) is 46.5 Å². The number of fused-ring (bicyclic) bond motifs is 7. The van der Waals surface area contributed by atoms with Crippen molar-refractivity contribution in [1.29, 1.82) is 0 Å². The number of nitrogens with zero attached hydrogens (tertiary/aromatic N) is 1. The molecule has 0 N–H and O–H groups in total. The third kappa shape index (κ3) is 3.13. The van der Waals surface area contributed by atoms with Crippen molar-refractivity contribution in [2.45, 2.75) is 70.1 Å². The van der Waals surface area contributed by atoms with Crippen LogP contribution >= 0.6 is 11.8 Å². The summed E-state index contributed by atoms with van der Waals surface area (Å²) in [6.07, 6.45) is 28.6. The zero-order valence-electron chi connectivity index (χ0n) is 22.7. The van der Waals surface area contributed by atoms with E-state index in [1.165, 1.54) is 24.0 Å². The maximum atomic E-state index is 14.0. The molecule has 198 valence electrons. The highest BCUT2D eigenvalue weighted by molar-refractivity contribution is 8.00. The van der Waals surface area contributed by atoms with Gasteiger partial charge in [0.2, 0.25) is 0 Å². The van der Waals surface area contributed by atoms with E-state index in [1.54, 1.807) is 11.8 Å². The normalized spacial score (nSPS) is 45.0. The van der Waals surface area contributed by atoms with E-state index in [1.807, 2.05) is 24.4 Å². The lowest BCUT2D eigenvalue weighted by Gasteiger charge is -2.67. The standard InChI is InChI=1S/C34H39NO2S/c1-4-34-26(11-10-23-19-24(36)14-15-32(23,34)3)25-12-13-27(31(25,2)21-33(34)16-17-33)28(37)20-38-29-9-5-7-22-8-6-18-35-30(22)29/h4-9,14-15,18-19,25-27,29-30H,1,10-13,16-17,20-21H2,2-3H3. The maximum absolute atomic E-state index is 14.0. The molecule has 0 aromatic carbocycles. The fourth-order valence-electron chi connectivity index (χ4n) is 10.5. The highest BCUT2D eigenvalue weighted by Crippen LogP contribution is 2.83. The third-order valence-electron chi connectivity index (χ3n) is 12.1. The van der Waals surface area contributed by atoms with E-state index in [2.05, 4.69) is 56.9 Å². The number of dihydropyridines is 1. The first-order valence-electron chi connectivity index (χ1n) is 14.6. The van der Waals surface area contributed by atoms with Crippen molar-refractivity contribution in [3.8, 4) is 0 Å². The Kier molecular flexibility index (Phi) is 5.48. The van der Waals surface area contributed by atoms with Gasteiger partial charge in [-0.2, -0.15) is 0 Å². The molecule has 3 nitrogen and oxygen atoms in total. The van der Waals surface area contributed by atoms with Gasteiger partial charge in [0.15, 0.2) is 5.78 Å². The molecule has 0 amide bonds. The minimum atomic E-state index is -0.144. The molecule has 7 rings (SSSR count). The van der Waals surface area contributed by atoms with E-state index in [0.29, 0.717) is 23.4 Å². The number of thioether (sulfide) groups is 1. The second kappa shape index (κ2) is 8.40. The highest BCUT2D eigenvalue weighted by Gasteiger charge is 2.76. The van der Waals surface area contributed by atoms with Crippen LogP contribution in [0.25, 0.3) is 0 Å². The number of Topliss-reactive ketones (excluding diaryl/α,β-unsaturated/α-hetero) is 1. The van der Waals surface area contributed by atoms with Crippen LogP contribution in [0.5, 0.6) is 0 Å². The third-order valence-corrected chi connectivity index (χ3v) is 13.3. The van der Waals surface area contributed by atoms with Crippen LogP contribution in [0.3, 0.4) is 0 Å². The maximum Gasteiger partial charge on any atom is 0.178 e. The molecule has 7 aliphatic rings. The molecule has 0 aromatic heterocycles. The summed E-state index contributed by atoms with van der Waals surface area (Å²) in [6.45, 7) is 9.37. The first-order chi connectivity index (χ1) is 18.3. The molecule has 8 atom stereocenters. The summed E-state index contributed by atoms with van der Waals surface area (Å²) in [5.41, 5.74) is 2.63. The van der Waals surface area contributed by atoms with Gasteiger partial charge >= 0.3 is 0 Å². The predicted octanol–water partition coefficient (Wildman–Crippen LogP) is 7.03. The quantitative estimate of drug-likeness (QED) is 0.362. The molecule has 8 unspecified atom stereocenters. The zero-order chi connectivity index (χ0) is 26.3. The lowest BCUT2D eigenvalue weighted by atomic mass is 9.36. The van der Waals surface area contributed by atoms with E-state index >= 15 is 0 Å². The first-order valence-corrected chi connectivity index (χ1v) is 15.6. The SMILES string of the molecule is C=CC12C(CCC3=CC(=O)C=CC31C)C1CCC(C(=O)CSC3C=CC=C4C=CC=NC43)C1(C)CC21CC1. The molecule has 1 heterocycles. The molecule has 4 saturated carbocycles. The Hall–Kier alpha value is -2.20. The van der Waals surface area contributed by atoms with Crippen molar-refractivity contribution < 1.29 is 9.59 Å². The zero-order valence-corrected chi connectivity index (χ0v) is 23.5. The summed E-state index contributed by atoms with van der Waals surface area (Å²) in [7, 11) is 0. The Morgan fingerprint density at radius 2 is 2.00 bits per heavy atom. The molecule has 0 saturated heterocycles. The molecule has 6 aliphatic carbocycles. The van der Waals surface area contributed by atoms with Crippen molar-refractivity contribution in [3.05, 3.63) is 72.4 Å². The van der Waals surface area contributed by atoms with Gasteiger partial charge in [0.25, 0.3) is 0 Å². The number of aliphatic imine (C=N–C) groups is 1. The Morgan fingerprint density at radius 1 is 1.16 bits per heavy atom. The molecule has 0 aromatic rings. The summed E-state index contributed by atoms with van der Waals surface area (Å²) in [6, 6.07) is 0.132. The van der Waals surface area contributed by atoms with Crippen LogP contribution in [0, 0.1) is 39.4 Å². The Morgan fingerprint density at radius 3 is 2.79 bits per heavy atom. The van der Waals surface area contributed by atoms with E-state index in [-0.39, 0.29) is 44.7 Å². The van der Waals surface area contributed by atoms with Gasteiger partial charge in [0, 0.05) is 23.0 Å². The van der Waals surface area contributed by atoms with E-state index < -0.39 is 0 Å². The van der Waals surface area contributed by atoms with Gasteiger partial charge in [-0.15, -0.1) is 18.3 Å². The molecule has 38 heavy (non-hydrogen) atoms. The highest BCUT2D eigenvalue weighted by atomic mass is 32.2. The van der Waals surface area contributed by atoms with Crippen molar-refractivity contribution in [2.75, 3.05) is 5.75 Å². The van der Waals surface area contributed by atoms with Crippen LogP contribution in [0.15, 0.2) is 77.4 Å². The van der Waals surface area contributed by atoms with Gasteiger partial charge < -0.3 is 0 Å². The number of rotatable bonds is 5. The summed E-state index contributed by atoms with van der Waals surface area (Å²) in [5.74, 6) is 2.36. The average molecular weight is 526 g/mol. The molecule has 0 bridgehead atoms. The number of carbonyl (C=O) groups excluding carboxylic acids is 2. The molecule has 0 radical (unpaired) electrons. The minimum Gasteiger partial charge on any atom is -0.298 e. The molecule has 4 heteroatoms. The average Bonchev–Trinajstić information content (AvgIpc) is 3.59. The predicted molar refractivity (Wildman–Crippen MR) is 156 cm³/mol. The van der Waals surface area contributed by atoms with Crippen molar-refractivity contribution in [2.24, 2.45) is 44.4 Å². The molecular weight excluding hydrogens is 486 g/mol. The number of hydrogen-bond donors (Lipinski definition) is 0. The fraction of sp³-hybridized carbons (Fsp3) is 0.559. The van der Waals surface area contributed by atoms with E-state index in [0.717, 1.165) is 32.1 Å². The molecule has 1 aliphatic heterocycles. The van der Waals surface area contributed by atoms with Crippen LogP contribution in [0.1, 0.15) is 58.8 Å². The van der Waals surface area contributed by atoms with Crippen LogP contribution in [0.4, 0.5) is 0 Å². The number of ketones is 2. The minimum absolute atomic E-state index is 0.0275. The second-order valence-corrected chi connectivity index (χ2v) is 14.6. The van der Waals surface area contributed by atoms with E-state index in [4.69, 9.17) is 4.99 Å². The Labute approximate surface area is 231 Å². The summed E-state index contributed by atoms with van der Waals surface area (Å²) < 4.78 is 0. The van der Waals surface area contributed by atoms with Gasteiger partial charge in [-0.3, -0.25) is 14.6 Å².